The Balaban J connectivity index is 1.73. The predicted molar refractivity (Wildman–Crippen MR) is 114 cm³/mol. The van der Waals surface area contributed by atoms with Crippen LogP contribution in [0.2, 0.25) is 0 Å². The summed E-state index contributed by atoms with van der Waals surface area (Å²) in [5.41, 5.74) is 6.65. The lowest BCUT2D eigenvalue weighted by atomic mass is 10.1. The largest absolute Gasteiger partial charge is 0.496 e. The van der Waals surface area contributed by atoms with Crippen molar-refractivity contribution in [3.8, 4) is 5.75 Å². The number of carbonyl (C=O) groups is 1. The molecule has 1 heterocycles. The molecule has 0 aliphatic heterocycles. The van der Waals surface area contributed by atoms with Gasteiger partial charge in [0, 0.05) is 23.7 Å². The molecule has 0 unspecified atom stereocenters. The van der Waals surface area contributed by atoms with Crippen LogP contribution in [0.4, 0.5) is 5.69 Å². The lowest BCUT2D eigenvalue weighted by Crippen LogP contribution is -2.02. The molecule has 0 atom stereocenters. The molecule has 0 saturated heterocycles. The van der Waals surface area contributed by atoms with Crippen molar-refractivity contribution in [3.63, 3.8) is 0 Å². The Hall–Kier alpha value is -3.39. The van der Waals surface area contributed by atoms with Gasteiger partial charge in [-0.2, -0.15) is 5.10 Å². The fourth-order valence-electron chi connectivity index (χ4n) is 2.52. The van der Waals surface area contributed by atoms with Gasteiger partial charge in [-0.3, -0.25) is 5.43 Å². The third-order valence-electron chi connectivity index (χ3n) is 4.08. The molecule has 0 radical (unpaired) electrons. The first-order valence-corrected chi connectivity index (χ1v) is 9.76. The summed E-state index contributed by atoms with van der Waals surface area (Å²) in [5, 5.41) is 14.1. The highest BCUT2D eigenvalue weighted by molar-refractivity contribution is 7.98. The smallest absolute Gasteiger partial charge is 0.335 e. The fraction of sp³-hybridized carbons (Fsp3) is 0.143. The van der Waals surface area contributed by atoms with E-state index in [9.17, 15) is 4.79 Å². The standard InChI is InChI=1S/C21H20N4O3S/c1-14(24-25-18-7-4-15(5-8-18)20(26)27)16-6-9-19(28-2)17(12-16)13-29-21-22-10-3-11-23-21/h3-12,25H,13H2,1-2H3,(H,26,27)/b24-14-. The molecule has 0 fully saturated rings. The summed E-state index contributed by atoms with van der Waals surface area (Å²) in [7, 11) is 1.64. The van der Waals surface area contributed by atoms with Crippen LogP contribution in [0, 0.1) is 0 Å². The number of methoxy groups -OCH3 is 1. The topological polar surface area (TPSA) is 96.7 Å². The zero-order valence-electron chi connectivity index (χ0n) is 16.0. The second-order valence-electron chi connectivity index (χ2n) is 6.04. The fourth-order valence-corrected chi connectivity index (χ4v) is 3.30. The molecule has 0 amide bonds. The van der Waals surface area contributed by atoms with Crippen LogP contribution < -0.4 is 10.2 Å². The van der Waals surface area contributed by atoms with Gasteiger partial charge in [0.1, 0.15) is 5.75 Å². The third kappa shape index (κ3) is 5.55. The molecule has 0 aliphatic carbocycles. The minimum absolute atomic E-state index is 0.232. The van der Waals surface area contributed by atoms with Crippen LogP contribution in [0.15, 0.2) is 71.2 Å². The number of anilines is 1. The van der Waals surface area contributed by atoms with Crippen LogP contribution in [-0.4, -0.2) is 33.9 Å². The number of benzene rings is 2. The zero-order valence-corrected chi connectivity index (χ0v) is 16.8. The molecule has 148 valence electrons. The van der Waals surface area contributed by atoms with Crippen molar-refractivity contribution in [2.45, 2.75) is 17.8 Å². The predicted octanol–water partition coefficient (Wildman–Crippen LogP) is 4.31. The molecule has 2 aromatic carbocycles. The Morgan fingerprint density at radius 3 is 2.48 bits per heavy atom. The van der Waals surface area contributed by atoms with Gasteiger partial charge >= 0.3 is 5.97 Å². The summed E-state index contributed by atoms with van der Waals surface area (Å²) in [4.78, 5) is 19.4. The van der Waals surface area contributed by atoms with Crippen molar-refractivity contribution >= 4 is 29.1 Å². The van der Waals surface area contributed by atoms with Gasteiger partial charge in [-0.1, -0.05) is 11.8 Å². The van der Waals surface area contributed by atoms with Crippen molar-refractivity contribution < 1.29 is 14.6 Å². The van der Waals surface area contributed by atoms with Crippen molar-refractivity contribution in [3.05, 3.63) is 77.6 Å². The number of aromatic nitrogens is 2. The van der Waals surface area contributed by atoms with Gasteiger partial charge in [0.05, 0.1) is 24.1 Å². The zero-order chi connectivity index (χ0) is 20.6. The van der Waals surface area contributed by atoms with Crippen molar-refractivity contribution in [2.24, 2.45) is 5.10 Å². The second kappa shape index (κ2) is 9.70. The van der Waals surface area contributed by atoms with Crippen molar-refractivity contribution in [2.75, 3.05) is 12.5 Å². The Labute approximate surface area is 172 Å². The van der Waals surface area contributed by atoms with Crippen LogP contribution >= 0.6 is 11.8 Å². The molecule has 8 heteroatoms. The first kappa shape index (κ1) is 20.3. The normalized spacial score (nSPS) is 11.2. The van der Waals surface area contributed by atoms with Crippen LogP contribution in [0.5, 0.6) is 5.75 Å². The number of nitrogens with zero attached hydrogens (tertiary/aromatic N) is 3. The van der Waals surface area contributed by atoms with E-state index >= 15 is 0 Å². The maximum absolute atomic E-state index is 10.9. The van der Waals surface area contributed by atoms with E-state index in [0.29, 0.717) is 16.6 Å². The highest BCUT2D eigenvalue weighted by Gasteiger charge is 2.08. The summed E-state index contributed by atoms with van der Waals surface area (Å²) in [6, 6.07) is 14.1. The number of nitrogens with one attached hydrogen (secondary N) is 1. The van der Waals surface area contributed by atoms with E-state index in [-0.39, 0.29) is 5.56 Å². The molecular formula is C21H20N4O3S. The van der Waals surface area contributed by atoms with Gasteiger partial charge in [-0.15, -0.1) is 0 Å². The minimum Gasteiger partial charge on any atom is -0.496 e. The molecule has 3 rings (SSSR count). The molecule has 0 aliphatic rings. The molecule has 29 heavy (non-hydrogen) atoms. The molecule has 0 spiro atoms. The van der Waals surface area contributed by atoms with E-state index in [1.807, 2.05) is 25.1 Å². The van der Waals surface area contributed by atoms with E-state index < -0.39 is 5.97 Å². The van der Waals surface area contributed by atoms with Gasteiger partial charge in [0.25, 0.3) is 0 Å². The van der Waals surface area contributed by atoms with E-state index in [0.717, 1.165) is 22.6 Å². The van der Waals surface area contributed by atoms with Crippen LogP contribution in [0.3, 0.4) is 0 Å². The van der Waals surface area contributed by atoms with Crippen LogP contribution in [0.25, 0.3) is 0 Å². The summed E-state index contributed by atoms with van der Waals surface area (Å²) < 4.78 is 5.47. The Morgan fingerprint density at radius 1 is 1.14 bits per heavy atom. The SMILES string of the molecule is COc1ccc(/C(C)=N\Nc2ccc(C(=O)O)cc2)cc1CSc1ncccn1. The molecule has 3 aromatic rings. The van der Waals surface area contributed by atoms with Gasteiger partial charge in [0.15, 0.2) is 5.16 Å². The molecule has 2 N–H and O–H groups in total. The maximum atomic E-state index is 10.9. The van der Waals surface area contributed by atoms with Gasteiger partial charge < -0.3 is 9.84 Å². The monoisotopic (exact) mass is 408 g/mol. The van der Waals surface area contributed by atoms with Crippen molar-refractivity contribution in [1.82, 2.24) is 9.97 Å². The Morgan fingerprint density at radius 2 is 1.83 bits per heavy atom. The summed E-state index contributed by atoms with van der Waals surface area (Å²) >= 11 is 1.53. The van der Waals surface area contributed by atoms with Crippen LogP contribution in [-0.2, 0) is 5.75 Å². The lowest BCUT2D eigenvalue weighted by molar-refractivity contribution is 0.0697. The highest BCUT2D eigenvalue weighted by atomic mass is 32.2. The van der Waals surface area contributed by atoms with Gasteiger partial charge in [-0.25, -0.2) is 14.8 Å². The van der Waals surface area contributed by atoms with Gasteiger partial charge in [0.2, 0.25) is 0 Å². The lowest BCUT2D eigenvalue weighted by Gasteiger charge is -2.11. The first-order valence-electron chi connectivity index (χ1n) is 8.77. The third-order valence-corrected chi connectivity index (χ3v) is 5.01. The molecule has 1 aromatic heterocycles. The average Bonchev–Trinajstić information content (AvgIpc) is 2.76. The van der Waals surface area contributed by atoms with Crippen LogP contribution in [0.1, 0.15) is 28.4 Å². The van der Waals surface area contributed by atoms with E-state index in [1.165, 1.54) is 23.9 Å². The van der Waals surface area contributed by atoms with E-state index in [4.69, 9.17) is 9.84 Å². The minimum atomic E-state index is -0.958. The van der Waals surface area contributed by atoms with Gasteiger partial charge in [-0.05, 0) is 61.0 Å². The molecular weight excluding hydrogens is 388 g/mol. The second-order valence-corrected chi connectivity index (χ2v) is 6.98. The Bertz CT molecular complexity index is 1010. The molecule has 0 saturated carbocycles. The summed E-state index contributed by atoms with van der Waals surface area (Å²) in [6.07, 6.45) is 3.43. The first-order chi connectivity index (χ1) is 14.1. The number of hydrazone groups is 1. The summed E-state index contributed by atoms with van der Waals surface area (Å²) in [5.74, 6) is 0.501. The highest BCUT2D eigenvalue weighted by Crippen LogP contribution is 2.27. The maximum Gasteiger partial charge on any atom is 0.335 e. The number of carboxylic acid groups (broad SMARTS) is 1. The number of rotatable bonds is 8. The number of ether oxygens (including phenoxy) is 1. The number of hydrogen-bond donors (Lipinski definition) is 2. The summed E-state index contributed by atoms with van der Waals surface area (Å²) in [6.45, 7) is 1.90. The van der Waals surface area contributed by atoms with Crippen molar-refractivity contribution in [1.29, 1.82) is 0 Å². The number of carboxylic acids is 1. The number of hydrogen-bond acceptors (Lipinski definition) is 7. The molecule has 0 bridgehead atoms. The number of thioether (sulfide) groups is 1. The quantitative estimate of drug-likeness (QED) is 0.248. The molecule has 7 nitrogen and oxygen atoms in total. The number of aromatic carboxylic acids is 1. The average molecular weight is 408 g/mol. The van der Waals surface area contributed by atoms with E-state index in [1.54, 1.807) is 37.7 Å². The Kier molecular flexibility index (Phi) is 6.80. The van der Waals surface area contributed by atoms with E-state index in [2.05, 4.69) is 20.5 Å².